The van der Waals surface area contributed by atoms with Crippen molar-refractivity contribution in [2.75, 3.05) is 16.6 Å². The van der Waals surface area contributed by atoms with E-state index in [0.29, 0.717) is 5.69 Å². The lowest BCUT2D eigenvalue weighted by molar-refractivity contribution is -0.129. The minimum absolute atomic E-state index is 0.0161. The summed E-state index contributed by atoms with van der Waals surface area (Å²) in [5.74, 6) is -1.35. The van der Waals surface area contributed by atoms with Gasteiger partial charge in [-0.2, -0.15) is 0 Å². The van der Waals surface area contributed by atoms with E-state index in [9.17, 15) is 22.8 Å². The maximum absolute atomic E-state index is 12.7. The molecular formula is C21H24N2O6S. The predicted molar refractivity (Wildman–Crippen MR) is 113 cm³/mol. The molecule has 2 rings (SSSR count). The van der Waals surface area contributed by atoms with Crippen molar-refractivity contribution in [3.05, 3.63) is 54.1 Å². The van der Waals surface area contributed by atoms with Crippen LogP contribution in [0.4, 0.5) is 11.4 Å². The molecule has 8 nitrogen and oxygen atoms in total. The van der Waals surface area contributed by atoms with Crippen molar-refractivity contribution in [1.82, 2.24) is 0 Å². The number of Topliss-reactive ketones (excluding diaryl/α,β-unsaturated/α-hetero) is 1. The summed E-state index contributed by atoms with van der Waals surface area (Å²) in [7, 11) is -4.01. The van der Waals surface area contributed by atoms with Gasteiger partial charge in [0, 0.05) is 18.0 Å². The summed E-state index contributed by atoms with van der Waals surface area (Å²) in [6, 6.07) is 11.5. The molecule has 0 fully saturated rings. The molecule has 160 valence electrons. The smallest absolute Gasteiger partial charge is 0.340 e. The van der Waals surface area contributed by atoms with Gasteiger partial charge >= 0.3 is 5.97 Å². The number of sulfonamides is 1. The van der Waals surface area contributed by atoms with E-state index in [1.54, 1.807) is 32.9 Å². The van der Waals surface area contributed by atoms with E-state index in [-0.39, 0.29) is 27.8 Å². The summed E-state index contributed by atoms with van der Waals surface area (Å²) in [6.45, 7) is 6.07. The van der Waals surface area contributed by atoms with Gasteiger partial charge < -0.3 is 10.1 Å². The lowest BCUT2D eigenvalue weighted by Crippen LogP contribution is -2.26. The van der Waals surface area contributed by atoms with Crippen molar-refractivity contribution >= 4 is 39.1 Å². The summed E-state index contributed by atoms with van der Waals surface area (Å²) < 4.78 is 32.8. The minimum atomic E-state index is -4.01. The number of esters is 1. The van der Waals surface area contributed by atoms with Crippen LogP contribution in [0.2, 0.25) is 0 Å². The molecule has 0 spiro atoms. The van der Waals surface area contributed by atoms with Gasteiger partial charge in [0.15, 0.2) is 12.4 Å². The lowest BCUT2D eigenvalue weighted by atomic mass is 9.91. The first-order valence-corrected chi connectivity index (χ1v) is 10.6. The summed E-state index contributed by atoms with van der Waals surface area (Å²) in [6.07, 6.45) is 0. The fraction of sp³-hybridized carbons (Fsp3) is 0.286. The Balaban J connectivity index is 2.19. The molecule has 2 aromatic rings. The molecule has 0 aromatic heterocycles. The quantitative estimate of drug-likeness (QED) is 0.649. The van der Waals surface area contributed by atoms with E-state index in [4.69, 9.17) is 4.74 Å². The third-order valence-corrected chi connectivity index (χ3v) is 5.43. The maximum atomic E-state index is 12.7. The molecule has 0 aliphatic rings. The Hall–Kier alpha value is -3.20. The van der Waals surface area contributed by atoms with Crippen LogP contribution in [0.5, 0.6) is 0 Å². The number of para-hydroxylation sites is 1. The molecule has 0 saturated heterocycles. The first-order valence-electron chi connectivity index (χ1n) is 9.10. The third-order valence-electron chi connectivity index (χ3n) is 4.05. The number of ketones is 1. The molecule has 9 heteroatoms. The molecular weight excluding hydrogens is 408 g/mol. The van der Waals surface area contributed by atoms with Crippen LogP contribution in [-0.2, 0) is 24.3 Å². The van der Waals surface area contributed by atoms with Crippen LogP contribution in [-0.4, -0.2) is 32.7 Å². The molecule has 0 unspecified atom stereocenters. The number of benzene rings is 2. The van der Waals surface area contributed by atoms with Crippen LogP contribution < -0.4 is 10.0 Å². The van der Waals surface area contributed by atoms with Crippen molar-refractivity contribution in [2.45, 2.75) is 32.6 Å². The van der Waals surface area contributed by atoms with Crippen LogP contribution in [0, 0.1) is 5.41 Å². The third kappa shape index (κ3) is 6.15. The first kappa shape index (κ1) is 23.1. The molecule has 0 aliphatic carbocycles. The number of nitrogens with one attached hydrogen (secondary N) is 2. The van der Waals surface area contributed by atoms with E-state index < -0.39 is 28.0 Å². The standard InChI is InChI=1S/C21H24N2O6S/c1-14(24)22-15-9-11-16(12-10-15)30(27,28)23-18-8-6-5-7-17(18)20(26)29-13-19(25)21(2,3)4/h5-12,23H,13H2,1-4H3,(H,22,24). The minimum Gasteiger partial charge on any atom is -0.454 e. The first-order chi connectivity index (χ1) is 13.9. The average Bonchev–Trinajstić information content (AvgIpc) is 2.65. The van der Waals surface area contributed by atoms with Gasteiger partial charge in [0.1, 0.15) is 0 Å². The Morgan fingerprint density at radius 2 is 1.57 bits per heavy atom. The van der Waals surface area contributed by atoms with Crippen LogP contribution in [0.15, 0.2) is 53.4 Å². The highest BCUT2D eigenvalue weighted by molar-refractivity contribution is 7.92. The van der Waals surface area contributed by atoms with Gasteiger partial charge in [-0.15, -0.1) is 0 Å². The summed E-state index contributed by atoms with van der Waals surface area (Å²) in [5.41, 5.74) is -0.201. The highest BCUT2D eigenvalue weighted by Gasteiger charge is 2.24. The number of amides is 1. The van der Waals surface area contributed by atoms with Crippen molar-refractivity contribution in [3.63, 3.8) is 0 Å². The van der Waals surface area contributed by atoms with Crippen LogP contribution in [0.25, 0.3) is 0 Å². The van der Waals surface area contributed by atoms with Gasteiger partial charge in [-0.05, 0) is 36.4 Å². The van der Waals surface area contributed by atoms with Gasteiger partial charge in [0.2, 0.25) is 5.91 Å². The highest BCUT2D eigenvalue weighted by atomic mass is 32.2. The number of rotatable bonds is 7. The monoisotopic (exact) mass is 432 g/mol. The summed E-state index contributed by atoms with van der Waals surface area (Å²) in [5, 5.41) is 2.55. The lowest BCUT2D eigenvalue weighted by Gasteiger charge is -2.17. The number of carbonyl (C=O) groups excluding carboxylic acids is 3. The van der Waals surface area contributed by atoms with Crippen LogP contribution >= 0.6 is 0 Å². The zero-order chi connectivity index (χ0) is 22.5. The zero-order valence-electron chi connectivity index (χ0n) is 17.2. The van der Waals surface area contributed by atoms with Crippen molar-refractivity contribution in [1.29, 1.82) is 0 Å². The van der Waals surface area contributed by atoms with Gasteiger partial charge in [-0.1, -0.05) is 32.9 Å². The van der Waals surface area contributed by atoms with Crippen molar-refractivity contribution < 1.29 is 27.5 Å². The molecule has 0 saturated carbocycles. The zero-order valence-corrected chi connectivity index (χ0v) is 18.0. The second kappa shape index (κ2) is 9.08. The second-order valence-electron chi connectivity index (χ2n) is 7.61. The SMILES string of the molecule is CC(=O)Nc1ccc(S(=O)(=O)Nc2ccccc2C(=O)OCC(=O)C(C)(C)C)cc1. The topological polar surface area (TPSA) is 119 Å². The Kier molecular flexibility index (Phi) is 6.99. The van der Waals surface area contributed by atoms with E-state index in [2.05, 4.69) is 10.0 Å². The number of carbonyl (C=O) groups is 3. The number of anilines is 2. The van der Waals surface area contributed by atoms with Gasteiger partial charge in [-0.3, -0.25) is 14.3 Å². The highest BCUT2D eigenvalue weighted by Crippen LogP contribution is 2.22. The average molecular weight is 432 g/mol. The summed E-state index contributed by atoms with van der Waals surface area (Å²) >= 11 is 0. The van der Waals surface area contributed by atoms with Gasteiger partial charge in [0.25, 0.3) is 10.0 Å². The second-order valence-corrected chi connectivity index (χ2v) is 9.29. The van der Waals surface area contributed by atoms with Gasteiger partial charge in [-0.25, -0.2) is 13.2 Å². The Morgan fingerprint density at radius 3 is 2.13 bits per heavy atom. The van der Waals surface area contributed by atoms with E-state index in [1.807, 2.05) is 0 Å². The molecule has 0 atom stereocenters. The van der Waals surface area contributed by atoms with E-state index in [1.165, 1.54) is 43.3 Å². The largest absolute Gasteiger partial charge is 0.454 e. The maximum Gasteiger partial charge on any atom is 0.340 e. The Labute approximate surface area is 175 Å². The van der Waals surface area contributed by atoms with Crippen molar-refractivity contribution in [3.8, 4) is 0 Å². The summed E-state index contributed by atoms with van der Waals surface area (Å²) in [4.78, 5) is 35.4. The molecule has 1 amide bonds. The normalized spacial score (nSPS) is 11.5. The number of hydrogen-bond acceptors (Lipinski definition) is 6. The predicted octanol–water partition coefficient (Wildman–Crippen LogP) is 3.22. The molecule has 0 heterocycles. The fourth-order valence-corrected chi connectivity index (χ4v) is 3.38. The van der Waals surface area contributed by atoms with Crippen LogP contribution in [0.3, 0.4) is 0 Å². The Morgan fingerprint density at radius 1 is 0.967 bits per heavy atom. The van der Waals surface area contributed by atoms with Crippen molar-refractivity contribution in [2.24, 2.45) is 5.41 Å². The molecule has 0 aliphatic heterocycles. The van der Waals surface area contributed by atoms with E-state index in [0.717, 1.165) is 0 Å². The molecule has 30 heavy (non-hydrogen) atoms. The number of ether oxygens (including phenoxy) is 1. The number of hydrogen-bond donors (Lipinski definition) is 2. The van der Waals surface area contributed by atoms with Crippen LogP contribution in [0.1, 0.15) is 38.1 Å². The van der Waals surface area contributed by atoms with Gasteiger partial charge in [0.05, 0.1) is 16.1 Å². The molecule has 0 radical (unpaired) electrons. The molecule has 2 aromatic carbocycles. The fourth-order valence-electron chi connectivity index (χ4n) is 2.30. The Bertz CT molecular complexity index is 1050. The molecule has 0 bridgehead atoms. The molecule has 2 N–H and O–H groups in total. The van der Waals surface area contributed by atoms with E-state index >= 15 is 0 Å².